The predicted molar refractivity (Wildman–Crippen MR) is 86.0 cm³/mol. The molecule has 1 N–H and O–H groups in total. The van der Waals surface area contributed by atoms with Crippen molar-refractivity contribution in [2.45, 2.75) is 31.1 Å². The highest BCUT2D eigenvalue weighted by atomic mass is 79.9. The lowest BCUT2D eigenvalue weighted by molar-refractivity contribution is 0.0946. The Morgan fingerprint density at radius 1 is 1.43 bits per heavy atom. The zero-order chi connectivity index (χ0) is 15.6. The van der Waals surface area contributed by atoms with Gasteiger partial charge in [-0.1, -0.05) is 13.3 Å². The molecule has 1 aromatic rings. The van der Waals surface area contributed by atoms with Crippen LogP contribution in [-0.2, 0) is 9.05 Å². The van der Waals surface area contributed by atoms with Crippen LogP contribution in [0.15, 0.2) is 27.6 Å². The van der Waals surface area contributed by atoms with E-state index in [9.17, 15) is 13.2 Å². The minimum atomic E-state index is -3.84. The average molecular weight is 395 g/mol. The third-order valence-electron chi connectivity index (χ3n) is 3.82. The first kappa shape index (κ1) is 16.8. The molecule has 0 radical (unpaired) electrons. The number of hydrogen-bond donors (Lipinski definition) is 1. The van der Waals surface area contributed by atoms with E-state index < -0.39 is 9.05 Å². The van der Waals surface area contributed by atoms with Crippen molar-refractivity contribution in [2.24, 2.45) is 11.8 Å². The van der Waals surface area contributed by atoms with Crippen LogP contribution in [0.4, 0.5) is 0 Å². The SMILES string of the molecule is CC1CCC(CNC(=O)c2cc(S(=O)(=O)Cl)ccc2Br)C1. The molecule has 0 aromatic heterocycles. The minimum Gasteiger partial charge on any atom is -0.352 e. The molecule has 0 heterocycles. The number of benzene rings is 1. The maximum absolute atomic E-state index is 12.2. The lowest BCUT2D eigenvalue weighted by Crippen LogP contribution is -2.28. The van der Waals surface area contributed by atoms with E-state index in [2.05, 4.69) is 28.2 Å². The van der Waals surface area contributed by atoms with Crippen molar-refractivity contribution in [1.82, 2.24) is 5.32 Å². The van der Waals surface area contributed by atoms with Crippen LogP contribution in [0, 0.1) is 11.8 Å². The molecular weight excluding hydrogens is 378 g/mol. The van der Waals surface area contributed by atoms with E-state index in [0.29, 0.717) is 22.9 Å². The number of hydrogen-bond acceptors (Lipinski definition) is 3. The van der Waals surface area contributed by atoms with Gasteiger partial charge in [0.2, 0.25) is 0 Å². The van der Waals surface area contributed by atoms with Crippen molar-refractivity contribution in [2.75, 3.05) is 6.54 Å². The predicted octanol–water partition coefficient (Wildman–Crippen LogP) is 3.54. The molecule has 1 fully saturated rings. The van der Waals surface area contributed by atoms with Crippen molar-refractivity contribution in [1.29, 1.82) is 0 Å². The van der Waals surface area contributed by atoms with Gasteiger partial charge in [0.1, 0.15) is 0 Å². The van der Waals surface area contributed by atoms with Crippen molar-refractivity contribution in [3.05, 3.63) is 28.2 Å². The Labute approximate surface area is 137 Å². The van der Waals surface area contributed by atoms with Crippen molar-refractivity contribution in [3.63, 3.8) is 0 Å². The molecule has 0 saturated heterocycles. The summed E-state index contributed by atoms with van der Waals surface area (Å²) in [7, 11) is 1.47. The van der Waals surface area contributed by atoms with Gasteiger partial charge in [-0.25, -0.2) is 8.42 Å². The van der Waals surface area contributed by atoms with Crippen molar-refractivity contribution in [3.8, 4) is 0 Å². The monoisotopic (exact) mass is 393 g/mol. The van der Waals surface area contributed by atoms with E-state index in [4.69, 9.17) is 10.7 Å². The minimum absolute atomic E-state index is 0.0768. The maximum Gasteiger partial charge on any atom is 0.261 e. The first-order valence-corrected chi connectivity index (χ1v) is 9.90. The Morgan fingerprint density at radius 2 is 2.14 bits per heavy atom. The van der Waals surface area contributed by atoms with Crippen molar-refractivity contribution < 1.29 is 13.2 Å². The molecule has 1 amide bonds. The summed E-state index contributed by atoms with van der Waals surface area (Å²) in [6.07, 6.45) is 3.44. The third-order valence-corrected chi connectivity index (χ3v) is 5.86. The molecule has 1 saturated carbocycles. The van der Waals surface area contributed by atoms with Gasteiger partial charge in [-0.05, 0) is 58.8 Å². The Bertz CT molecular complexity index is 648. The van der Waals surface area contributed by atoms with Gasteiger partial charge in [-0.3, -0.25) is 4.79 Å². The molecule has 0 spiro atoms. The van der Waals surface area contributed by atoms with Crippen LogP contribution < -0.4 is 5.32 Å². The summed E-state index contributed by atoms with van der Waals surface area (Å²) < 4.78 is 23.2. The summed E-state index contributed by atoms with van der Waals surface area (Å²) in [6.45, 7) is 2.83. The zero-order valence-electron chi connectivity index (χ0n) is 11.6. The van der Waals surface area contributed by atoms with Crippen LogP contribution >= 0.6 is 26.6 Å². The number of rotatable bonds is 4. The molecular formula is C14H17BrClNO3S. The first-order chi connectivity index (χ1) is 9.77. The van der Waals surface area contributed by atoms with E-state index in [1.165, 1.54) is 24.6 Å². The first-order valence-electron chi connectivity index (χ1n) is 6.80. The average Bonchev–Trinajstić information content (AvgIpc) is 2.81. The van der Waals surface area contributed by atoms with Crippen LogP contribution in [0.2, 0.25) is 0 Å². The van der Waals surface area contributed by atoms with E-state index in [-0.39, 0.29) is 16.4 Å². The second-order valence-electron chi connectivity index (χ2n) is 5.57. The van der Waals surface area contributed by atoms with Gasteiger partial charge in [0, 0.05) is 21.7 Å². The smallest absolute Gasteiger partial charge is 0.261 e. The van der Waals surface area contributed by atoms with Crippen LogP contribution in [0.5, 0.6) is 0 Å². The van der Waals surface area contributed by atoms with Crippen LogP contribution in [0.1, 0.15) is 36.5 Å². The number of nitrogens with one attached hydrogen (secondary N) is 1. The number of amides is 1. The van der Waals surface area contributed by atoms with Gasteiger partial charge >= 0.3 is 0 Å². The molecule has 2 unspecified atom stereocenters. The van der Waals surface area contributed by atoms with Gasteiger partial charge in [0.05, 0.1) is 10.5 Å². The Hall–Kier alpha value is -0.590. The summed E-state index contributed by atoms with van der Waals surface area (Å²) in [5.74, 6) is 0.926. The fraction of sp³-hybridized carbons (Fsp3) is 0.500. The Kier molecular flexibility index (Phi) is 5.33. The van der Waals surface area contributed by atoms with Crippen molar-refractivity contribution >= 4 is 41.6 Å². The lowest BCUT2D eigenvalue weighted by Gasteiger charge is -2.12. The highest BCUT2D eigenvalue weighted by Crippen LogP contribution is 2.30. The standard InChI is InChI=1S/C14H17BrClNO3S/c1-9-2-3-10(6-9)8-17-14(18)12-7-11(21(16,19)20)4-5-13(12)15/h4-5,7,9-10H,2-3,6,8H2,1H3,(H,17,18). The Balaban J connectivity index is 2.08. The molecule has 2 rings (SSSR count). The fourth-order valence-electron chi connectivity index (χ4n) is 2.67. The summed E-state index contributed by atoms with van der Waals surface area (Å²) >= 11 is 3.26. The third kappa shape index (κ3) is 4.44. The normalized spacial score (nSPS) is 22.2. The molecule has 7 heteroatoms. The molecule has 116 valence electrons. The highest BCUT2D eigenvalue weighted by Gasteiger charge is 2.22. The summed E-state index contributed by atoms with van der Waals surface area (Å²) in [4.78, 5) is 12.1. The van der Waals surface area contributed by atoms with E-state index >= 15 is 0 Å². The molecule has 1 aromatic carbocycles. The fourth-order valence-corrected chi connectivity index (χ4v) is 3.88. The van der Waals surface area contributed by atoms with E-state index in [0.717, 1.165) is 12.8 Å². The molecule has 1 aliphatic rings. The molecule has 4 nitrogen and oxygen atoms in total. The largest absolute Gasteiger partial charge is 0.352 e. The zero-order valence-corrected chi connectivity index (χ0v) is 14.8. The van der Waals surface area contributed by atoms with Crippen LogP contribution in [0.3, 0.4) is 0 Å². The second-order valence-corrected chi connectivity index (χ2v) is 8.99. The highest BCUT2D eigenvalue weighted by molar-refractivity contribution is 9.10. The van der Waals surface area contributed by atoms with Crippen LogP contribution in [0.25, 0.3) is 0 Å². The van der Waals surface area contributed by atoms with Gasteiger partial charge in [-0.2, -0.15) is 0 Å². The van der Waals surface area contributed by atoms with Gasteiger partial charge in [0.25, 0.3) is 15.0 Å². The molecule has 1 aliphatic carbocycles. The van der Waals surface area contributed by atoms with Crippen LogP contribution in [-0.4, -0.2) is 20.9 Å². The molecule has 21 heavy (non-hydrogen) atoms. The number of halogens is 2. The Morgan fingerprint density at radius 3 is 2.71 bits per heavy atom. The summed E-state index contributed by atoms with van der Waals surface area (Å²) in [5.41, 5.74) is 0.280. The van der Waals surface area contributed by atoms with E-state index in [1.807, 2.05) is 0 Å². The second kappa shape index (κ2) is 6.67. The van der Waals surface area contributed by atoms with Gasteiger partial charge < -0.3 is 5.32 Å². The summed E-state index contributed by atoms with van der Waals surface area (Å²) in [6, 6.07) is 4.17. The topological polar surface area (TPSA) is 63.2 Å². The molecule has 0 aliphatic heterocycles. The van der Waals surface area contributed by atoms with E-state index in [1.54, 1.807) is 0 Å². The lowest BCUT2D eigenvalue weighted by atomic mass is 10.1. The molecule has 2 atom stereocenters. The van der Waals surface area contributed by atoms with Gasteiger partial charge in [0.15, 0.2) is 0 Å². The number of carbonyl (C=O) groups excluding carboxylic acids is 1. The van der Waals surface area contributed by atoms with Gasteiger partial charge in [-0.15, -0.1) is 0 Å². The molecule has 0 bridgehead atoms. The quantitative estimate of drug-likeness (QED) is 0.794. The number of carbonyl (C=O) groups is 1. The summed E-state index contributed by atoms with van der Waals surface area (Å²) in [5, 5.41) is 2.87. The maximum atomic E-state index is 12.2.